The highest BCUT2D eigenvalue weighted by atomic mass is 16.5. The molecule has 1 aromatic rings. The summed E-state index contributed by atoms with van der Waals surface area (Å²) in [6.07, 6.45) is 2.65. The maximum atomic E-state index is 5.69. The first kappa shape index (κ1) is 10.5. The normalized spacial score (nSPS) is 26.2. The molecule has 2 rings (SSSR count). The lowest BCUT2D eigenvalue weighted by Gasteiger charge is -2.26. The van der Waals surface area contributed by atoms with Gasteiger partial charge in [-0.1, -0.05) is 25.1 Å². The van der Waals surface area contributed by atoms with Crippen LogP contribution in [0.1, 0.15) is 19.8 Å². The second-order valence-electron chi connectivity index (χ2n) is 4.26. The first-order chi connectivity index (χ1) is 7.34. The van der Waals surface area contributed by atoms with Gasteiger partial charge in [-0.15, -0.1) is 0 Å². The minimum Gasteiger partial charge on any atom is -0.491 e. The van der Waals surface area contributed by atoms with Crippen LogP contribution in [0.15, 0.2) is 30.3 Å². The summed E-state index contributed by atoms with van der Waals surface area (Å²) < 4.78 is 11.3. The second kappa shape index (κ2) is 5.17. The van der Waals surface area contributed by atoms with E-state index in [0.717, 1.165) is 18.8 Å². The number of ether oxygens (including phenoxy) is 2. The summed E-state index contributed by atoms with van der Waals surface area (Å²) in [6.45, 7) is 3.79. The monoisotopic (exact) mass is 206 g/mol. The van der Waals surface area contributed by atoms with Gasteiger partial charge in [0.2, 0.25) is 0 Å². The van der Waals surface area contributed by atoms with Crippen LogP contribution in [0.5, 0.6) is 5.75 Å². The zero-order valence-corrected chi connectivity index (χ0v) is 9.19. The molecule has 2 atom stereocenters. The van der Waals surface area contributed by atoms with E-state index in [1.807, 2.05) is 30.3 Å². The topological polar surface area (TPSA) is 18.5 Å². The predicted molar refractivity (Wildman–Crippen MR) is 60.1 cm³/mol. The van der Waals surface area contributed by atoms with Gasteiger partial charge in [0.25, 0.3) is 0 Å². The fourth-order valence-electron chi connectivity index (χ4n) is 1.77. The van der Waals surface area contributed by atoms with Crippen molar-refractivity contribution in [3.8, 4) is 5.75 Å². The van der Waals surface area contributed by atoms with Crippen molar-refractivity contribution in [3.63, 3.8) is 0 Å². The Labute approximate surface area is 91.2 Å². The summed E-state index contributed by atoms with van der Waals surface area (Å²) in [5.74, 6) is 1.64. The Kier molecular flexibility index (Phi) is 3.62. The minimum atomic E-state index is 0.279. The molecule has 0 spiro atoms. The molecule has 0 bridgehead atoms. The van der Waals surface area contributed by atoms with E-state index in [9.17, 15) is 0 Å². The number of rotatable bonds is 3. The molecule has 0 radical (unpaired) electrons. The van der Waals surface area contributed by atoms with Crippen LogP contribution in [-0.2, 0) is 4.74 Å². The second-order valence-corrected chi connectivity index (χ2v) is 4.26. The van der Waals surface area contributed by atoms with Gasteiger partial charge in [0.1, 0.15) is 12.4 Å². The molecule has 1 heterocycles. The average Bonchev–Trinajstić information content (AvgIpc) is 2.30. The first-order valence-corrected chi connectivity index (χ1v) is 5.64. The Balaban J connectivity index is 1.74. The predicted octanol–water partition coefficient (Wildman–Crippen LogP) is 2.88. The van der Waals surface area contributed by atoms with Gasteiger partial charge < -0.3 is 9.47 Å². The van der Waals surface area contributed by atoms with Gasteiger partial charge in [0, 0.05) is 6.61 Å². The van der Waals surface area contributed by atoms with Crippen LogP contribution in [0.2, 0.25) is 0 Å². The molecule has 1 fully saturated rings. The fraction of sp³-hybridized carbons (Fsp3) is 0.538. The first-order valence-electron chi connectivity index (χ1n) is 5.64. The van der Waals surface area contributed by atoms with Crippen LogP contribution in [0.4, 0.5) is 0 Å². The fourth-order valence-corrected chi connectivity index (χ4v) is 1.77. The summed E-state index contributed by atoms with van der Waals surface area (Å²) >= 11 is 0. The Morgan fingerprint density at radius 1 is 1.27 bits per heavy atom. The van der Waals surface area contributed by atoms with Gasteiger partial charge in [-0.3, -0.25) is 0 Å². The highest BCUT2D eigenvalue weighted by molar-refractivity contribution is 5.20. The Morgan fingerprint density at radius 3 is 2.73 bits per heavy atom. The molecule has 2 heteroatoms. The van der Waals surface area contributed by atoms with Crippen molar-refractivity contribution in [3.05, 3.63) is 30.3 Å². The number of hydrogen-bond donors (Lipinski definition) is 0. The van der Waals surface area contributed by atoms with E-state index in [0.29, 0.717) is 12.5 Å². The van der Waals surface area contributed by atoms with Crippen molar-refractivity contribution >= 4 is 0 Å². The lowest BCUT2D eigenvalue weighted by molar-refractivity contribution is -0.0333. The third kappa shape index (κ3) is 3.24. The maximum Gasteiger partial charge on any atom is 0.119 e. The van der Waals surface area contributed by atoms with E-state index >= 15 is 0 Å². The number of para-hydroxylation sites is 1. The van der Waals surface area contributed by atoms with E-state index in [-0.39, 0.29) is 6.10 Å². The molecule has 2 nitrogen and oxygen atoms in total. The number of hydrogen-bond acceptors (Lipinski definition) is 2. The van der Waals surface area contributed by atoms with Crippen LogP contribution >= 0.6 is 0 Å². The van der Waals surface area contributed by atoms with Gasteiger partial charge in [-0.2, -0.15) is 0 Å². The van der Waals surface area contributed by atoms with Gasteiger partial charge >= 0.3 is 0 Å². The van der Waals surface area contributed by atoms with E-state index in [2.05, 4.69) is 6.92 Å². The summed E-state index contributed by atoms with van der Waals surface area (Å²) in [5, 5.41) is 0. The van der Waals surface area contributed by atoms with E-state index in [4.69, 9.17) is 9.47 Å². The van der Waals surface area contributed by atoms with Crippen LogP contribution in [-0.4, -0.2) is 19.3 Å². The Hall–Kier alpha value is -1.02. The van der Waals surface area contributed by atoms with E-state index in [1.165, 1.54) is 6.42 Å². The molecular formula is C13H18O2. The molecule has 2 unspecified atom stereocenters. The average molecular weight is 206 g/mol. The summed E-state index contributed by atoms with van der Waals surface area (Å²) in [7, 11) is 0. The third-order valence-electron chi connectivity index (χ3n) is 2.78. The van der Waals surface area contributed by atoms with Crippen molar-refractivity contribution in [2.75, 3.05) is 13.2 Å². The van der Waals surface area contributed by atoms with Gasteiger partial charge in [-0.05, 0) is 30.9 Å². The van der Waals surface area contributed by atoms with Crippen molar-refractivity contribution in [2.24, 2.45) is 5.92 Å². The van der Waals surface area contributed by atoms with Crippen LogP contribution in [0, 0.1) is 5.92 Å². The molecule has 0 saturated carbocycles. The van der Waals surface area contributed by atoms with Gasteiger partial charge in [0.15, 0.2) is 0 Å². The lowest BCUT2D eigenvalue weighted by atomic mass is 10.0. The zero-order chi connectivity index (χ0) is 10.5. The Bertz CT molecular complexity index is 276. The quantitative estimate of drug-likeness (QED) is 0.757. The van der Waals surface area contributed by atoms with Crippen molar-refractivity contribution in [1.29, 1.82) is 0 Å². The molecule has 0 amide bonds. The highest BCUT2D eigenvalue weighted by Gasteiger charge is 2.18. The minimum absolute atomic E-state index is 0.279. The molecular weight excluding hydrogens is 188 g/mol. The Morgan fingerprint density at radius 2 is 2.07 bits per heavy atom. The molecule has 15 heavy (non-hydrogen) atoms. The standard InChI is InChI=1S/C13H18O2/c1-11-7-8-13(14-9-11)10-15-12-5-3-2-4-6-12/h2-6,11,13H,7-10H2,1H3. The van der Waals surface area contributed by atoms with Crippen LogP contribution in [0.3, 0.4) is 0 Å². The molecule has 1 aromatic carbocycles. The summed E-state index contributed by atoms with van der Waals surface area (Å²) in [6, 6.07) is 9.92. The molecule has 1 aliphatic heterocycles. The summed E-state index contributed by atoms with van der Waals surface area (Å²) in [4.78, 5) is 0. The van der Waals surface area contributed by atoms with Gasteiger partial charge in [-0.25, -0.2) is 0 Å². The molecule has 0 aliphatic carbocycles. The van der Waals surface area contributed by atoms with Crippen LogP contribution < -0.4 is 4.74 Å². The van der Waals surface area contributed by atoms with Crippen molar-refractivity contribution in [2.45, 2.75) is 25.9 Å². The molecule has 0 N–H and O–H groups in total. The smallest absolute Gasteiger partial charge is 0.119 e. The maximum absolute atomic E-state index is 5.69. The molecule has 82 valence electrons. The lowest BCUT2D eigenvalue weighted by Crippen LogP contribution is -2.29. The van der Waals surface area contributed by atoms with E-state index in [1.54, 1.807) is 0 Å². The van der Waals surface area contributed by atoms with Crippen molar-refractivity contribution < 1.29 is 9.47 Å². The van der Waals surface area contributed by atoms with Crippen molar-refractivity contribution in [1.82, 2.24) is 0 Å². The summed E-state index contributed by atoms with van der Waals surface area (Å²) in [5.41, 5.74) is 0. The van der Waals surface area contributed by atoms with Gasteiger partial charge in [0.05, 0.1) is 6.10 Å². The third-order valence-corrected chi connectivity index (χ3v) is 2.78. The SMILES string of the molecule is CC1CCC(COc2ccccc2)OC1. The molecule has 0 aromatic heterocycles. The molecule has 1 aliphatic rings. The number of benzene rings is 1. The highest BCUT2D eigenvalue weighted by Crippen LogP contribution is 2.19. The largest absolute Gasteiger partial charge is 0.491 e. The van der Waals surface area contributed by atoms with Crippen LogP contribution in [0.25, 0.3) is 0 Å². The van der Waals surface area contributed by atoms with E-state index < -0.39 is 0 Å². The molecule has 1 saturated heterocycles. The zero-order valence-electron chi connectivity index (χ0n) is 9.19.